The molecule has 0 unspecified atom stereocenters. The van der Waals surface area contributed by atoms with Crippen LogP contribution in [0.3, 0.4) is 0 Å². The summed E-state index contributed by atoms with van der Waals surface area (Å²) in [5, 5.41) is 0. The zero-order valence-corrected chi connectivity index (χ0v) is 24.6. The molecule has 0 aromatic carbocycles. The van der Waals surface area contributed by atoms with Gasteiger partial charge < -0.3 is 9.45 Å². The van der Waals surface area contributed by atoms with Gasteiger partial charge in [-0.3, -0.25) is 4.79 Å². The standard InChI is InChI=1S/C26H51NO4S.Na/c1-2-3-4-5-6-7-8-9-10-11-12-13-14-15-19-22-26(28)27(23-24-32(29,30)31)25-20-17-16-18-21-25;/h25H,2-24H2,1H3,(H,29,30,31);/q;+1/p-1. The fourth-order valence-electron chi connectivity index (χ4n) is 4.90. The largest absolute Gasteiger partial charge is 1.00 e. The molecular weight excluding hydrogens is 445 g/mol. The van der Waals surface area contributed by atoms with Crippen molar-refractivity contribution in [2.24, 2.45) is 0 Å². The molecule has 1 rings (SSSR count). The summed E-state index contributed by atoms with van der Waals surface area (Å²) >= 11 is 0. The number of carbonyl (C=O) groups is 1. The third-order valence-electron chi connectivity index (χ3n) is 6.91. The maximum Gasteiger partial charge on any atom is 1.00 e. The molecule has 0 aromatic rings. The van der Waals surface area contributed by atoms with E-state index in [1.54, 1.807) is 4.90 Å². The fraction of sp³-hybridized carbons (Fsp3) is 0.962. The van der Waals surface area contributed by atoms with Crippen molar-refractivity contribution in [3.8, 4) is 0 Å². The molecule has 5 nitrogen and oxygen atoms in total. The fourth-order valence-corrected chi connectivity index (χ4v) is 5.33. The predicted molar refractivity (Wildman–Crippen MR) is 133 cm³/mol. The van der Waals surface area contributed by atoms with Gasteiger partial charge in [0.2, 0.25) is 5.91 Å². The van der Waals surface area contributed by atoms with E-state index < -0.39 is 15.9 Å². The number of nitrogens with zero attached hydrogens (tertiary/aromatic N) is 1. The number of hydrogen-bond acceptors (Lipinski definition) is 4. The van der Waals surface area contributed by atoms with E-state index >= 15 is 0 Å². The molecule has 190 valence electrons. The zero-order valence-electron chi connectivity index (χ0n) is 21.8. The van der Waals surface area contributed by atoms with E-state index in [0.29, 0.717) is 6.42 Å². The Morgan fingerprint density at radius 3 is 1.61 bits per heavy atom. The van der Waals surface area contributed by atoms with Crippen molar-refractivity contribution < 1.29 is 47.3 Å². The van der Waals surface area contributed by atoms with E-state index in [1.807, 2.05) is 0 Å². The Labute approximate surface area is 227 Å². The van der Waals surface area contributed by atoms with Gasteiger partial charge in [0.05, 0.1) is 15.9 Å². The van der Waals surface area contributed by atoms with Gasteiger partial charge >= 0.3 is 29.6 Å². The van der Waals surface area contributed by atoms with Crippen molar-refractivity contribution in [1.29, 1.82) is 0 Å². The maximum absolute atomic E-state index is 12.7. The Bertz CT molecular complexity index is 565. The minimum atomic E-state index is -4.29. The van der Waals surface area contributed by atoms with Crippen LogP contribution < -0.4 is 29.6 Å². The maximum atomic E-state index is 12.7. The summed E-state index contributed by atoms with van der Waals surface area (Å²) in [6.45, 7) is 2.33. The Morgan fingerprint density at radius 2 is 1.18 bits per heavy atom. The van der Waals surface area contributed by atoms with Crippen molar-refractivity contribution in [2.75, 3.05) is 12.3 Å². The van der Waals surface area contributed by atoms with Crippen LogP contribution in [0.2, 0.25) is 0 Å². The molecule has 1 fully saturated rings. The van der Waals surface area contributed by atoms with Crippen molar-refractivity contribution in [2.45, 2.75) is 148 Å². The van der Waals surface area contributed by atoms with Crippen LogP contribution in [0.5, 0.6) is 0 Å². The summed E-state index contributed by atoms with van der Waals surface area (Å²) in [4.78, 5) is 14.4. The van der Waals surface area contributed by atoms with Gasteiger partial charge in [0, 0.05) is 19.0 Å². The van der Waals surface area contributed by atoms with Crippen LogP contribution in [0.1, 0.15) is 142 Å². The molecule has 0 spiro atoms. The van der Waals surface area contributed by atoms with E-state index in [4.69, 9.17) is 0 Å². The Morgan fingerprint density at radius 1 is 0.758 bits per heavy atom. The van der Waals surface area contributed by atoms with Crippen LogP contribution in [0.15, 0.2) is 0 Å². The molecular formula is C26H50NNaO4S. The molecule has 7 heteroatoms. The topological polar surface area (TPSA) is 77.5 Å². The van der Waals surface area contributed by atoms with Crippen LogP contribution in [0.25, 0.3) is 0 Å². The molecule has 0 radical (unpaired) electrons. The number of carbonyl (C=O) groups excluding carboxylic acids is 1. The third-order valence-corrected chi connectivity index (χ3v) is 7.59. The second-order valence-corrected chi connectivity index (χ2v) is 11.4. The van der Waals surface area contributed by atoms with Crippen LogP contribution >= 0.6 is 0 Å². The quantitative estimate of drug-likeness (QED) is 0.146. The number of hydrogen-bond donors (Lipinski definition) is 0. The smallest absolute Gasteiger partial charge is 0.748 e. The van der Waals surface area contributed by atoms with Gasteiger partial charge in [-0.15, -0.1) is 0 Å². The molecule has 0 aromatic heterocycles. The Kier molecular flexibility index (Phi) is 21.9. The molecule has 33 heavy (non-hydrogen) atoms. The summed E-state index contributed by atoms with van der Waals surface area (Å²) in [6.07, 6.45) is 25.1. The molecule has 0 saturated heterocycles. The van der Waals surface area contributed by atoms with Gasteiger partial charge in [0.15, 0.2) is 0 Å². The Hall–Kier alpha value is 0.380. The van der Waals surface area contributed by atoms with Gasteiger partial charge in [0.25, 0.3) is 0 Å². The average molecular weight is 496 g/mol. The molecule has 1 amide bonds. The van der Waals surface area contributed by atoms with Crippen molar-refractivity contribution in [3.05, 3.63) is 0 Å². The van der Waals surface area contributed by atoms with Crippen LogP contribution in [0, 0.1) is 0 Å². The summed E-state index contributed by atoms with van der Waals surface area (Å²) in [5.41, 5.74) is 0. The third kappa shape index (κ3) is 19.3. The normalized spacial score (nSPS) is 14.7. The molecule has 1 aliphatic carbocycles. The second-order valence-electron chi connectivity index (χ2n) is 9.84. The van der Waals surface area contributed by atoms with Crippen LogP contribution in [-0.2, 0) is 14.9 Å². The van der Waals surface area contributed by atoms with E-state index in [2.05, 4.69) is 6.92 Å². The number of amides is 1. The zero-order chi connectivity index (χ0) is 23.5. The summed E-state index contributed by atoms with van der Waals surface area (Å²) in [5.74, 6) is -0.427. The molecule has 1 saturated carbocycles. The number of unbranched alkanes of at least 4 members (excludes halogenated alkanes) is 14. The predicted octanol–water partition coefficient (Wildman–Crippen LogP) is 3.96. The first-order valence-electron chi connectivity index (χ1n) is 13.7. The van der Waals surface area contributed by atoms with Gasteiger partial charge in [-0.1, -0.05) is 116 Å². The van der Waals surface area contributed by atoms with Gasteiger partial charge in [-0.2, -0.15) is 0 Å². The minimum Gasteiger partial charge on any atom is -0.748 e. The molecule has 0 aliphatic heterocycles. The van der Waals surface area contributed by atoms with Gasteiger partial charge in [-0.05, 0) is 19.3 Å². The second kappa shape index (κ2) is 21.6. The molecule has 0 bridgehead atoms. The van der Waals surface area contributed by atoms with Crippen LogP contribution in [0.4, 0.5) is 0 Å². The minimum absolute atomic E-state index is 0. The van der Waals surface area contributed by atoms with Crippen LogP contribution in [-0.4, -0.2) is 42.1 Å². The summed E-state index contributed by atoms with van der Waals surface area (Å²) < 4.78 is 33.2. The van der Waals surface area contributed by atoms with E-state index in [1.165, 1.54) is 89.9 Å². The molecule has 0 atom stereocenters. The van der Waals surface area contributed by atoms with Crippen molar-refractivity contribution in [1.82, 2.24) is 4.90 Å². The van der Waals surface area contributed by atoms with Crippen molar-refractivity contribution in [3.63, 3.8) is 0 Å². The Balaban J connectivity index is 0.0000102. The first-order valence-corrected chi connectivity index (χ1v) is 15.2. The van der Waals surface area contributed by atoms with E-state index in [-0.39, 0.29) is 48.1 Å². The molecule has 0 N–H and O–H groups in total. The molecule has 0 heterocycles. The SMILES string of the molecule is CCCCCCCCCCCCCCCCCC(=O)N(CCS(=O)(=O)[O-])C1CCCCC1.[Na+]. The number of rotatable bonds is 20. The first-order chi connectivity index (χ1) is 15.4. The first kappa shape index (κ1) is 33.4. The molecule has 1 aliphatic rings. The van der Waals surface area contributed by atoms with Crippen molar-refractivity contribution >= 4 is 16.0 Å². The van der Waals surface area contributed by atoms with E-state index in [9.17, 15) is 17.8 Å². The van der Waals surface area contributed by atoms with Gasteiger partial charge in [-0.25, -0.2) is 8.42 Å². The monoisotopic (exact) mass is 495 g/mol. The average Bonchev–Trinajstić information content (AvgIpc) is 2.76. The summed E-state index contributed by atoms with van der Waals surface area (Å²) in [7, 11) is -4.29. The van der Waals surface area contributed by atoms with Gasteiger partial charge in [0.1, 0.15) is 0 Å². The summed E-state index contributed by atoms with van der Waals surface area (Å²) in [6, 6.07) is 0.120. The van der Waals surface area contributed by atoms with E-state index in [0.717, 1.165) is 38.5 Å².